The van der Waals surface area contributed by atoms with Gasteiger partial charge in [0.2, 0.25) is 5.88 Å². The van der Waals surface area contributed by atoms with Crippen LogP contribution >= 0.6 is 15.9 Å². The molecule has 0 bridgehead atoms. The first-order chi connectivity index (χ1) is 16.4. The minimum Gasteiger partial charge on any atom is -0.490 e. The molecule has 2 aromatic carbocycles. The highest BCUT2D eigenvalue weighted by Gasteiger charge is 2.42. The van der Waals surface area contributed by atoms with E-state index in [0.717, 1.165) is 5.56 Å². The number of halogens is 1. The monoisotopic (exact) mass is 527 g/mol. The van der Waals surface area contributed by atoms with Crippen molar-refractivity contribution in [1.29, 1.82) is 0 Å². The van der Waals surface area contributed by atoms with Crippen LogP contribution < -0.4 is 15.2 Å². The van der Waals surface area contributed by atoms with E-state index in [4.69, 9.17) is 24.7 Å². The summed E-state index contributed by atoms with van der Waals surface area (Å²) in [5.74, 6) is 0.00235. The lowest BCUT2D eigenvalue weighted by Gasteiger charge is -2.33. The number of methoxy groups -OCH3 is 1. The quantitative estimate of drug-likeness (QED) is 0.511. The summed E-state index contributed by atoms with van der Waals surface area (Å²) < 4.78 is 23.3. The van der Waals surface area contributed by atoms with Crippen LogP contribution in [0.4, 0.5) is 0 Å². The Kier molecular flexibility index (Phi) is 7.26. The van der Waals surface area contributed by atoms with Gasteiger partial charge in [0.15, 0.2) is 17.3 Å². The molecular formula is C26H26BrNO6. The number of allylic oxidation sites excluding steroid dienone is 2. The number of benzene rings is 2. The van der Waals surface area contributed by atoms with E-state index in [2.05, 4.69) is 15.9 Å². The van der Waals surface area contributed by atoms with Crippen LogP contribution in [-0.2, 0) is 25.7 Å². The number of Topliss-reactive ketones (excluding diaryl/α,β-unsaturated/α-hetero) is 1. The Morgan fingerprint density at radius 3 is 2.59 bits per heavy atom. The minimum atomic E-state index is -0.749. The predicted molar refractivity (Wildman–Crippen MR) is 129 cm³/mol. The zero-order valence-electron chi connectivity index (χ0n) is 19.1. The average Bonchev–Trinajstić information content (AvgIpc) is 2.83. The highest BCUT2D eigenvalue weighted by molar-refractivity contribution is 9.10. The smallest absolute Gasteiger partial charge is 0.340 e. The highest BCUT2D eigenvalue weighted by atomic mass is 79.9. The van der Waals surface area contributed by atoms with Crippen molar-refractivity contribution in [3.63, 3.8) is 0 Å². The molecule has 0 unspecified atom stereocenters. The second-order valence-corrected chi connectivity index (χ2v) is 8.80. The van der Waals surface area contributed by atoms with Crippen molar-refractivity contribution in [2.45, 2.75) is 38.7 Å². The lowest BCUT2D eigenvalue weighted by atomic mass is 9.77. The van der Waals surface area contributed by atoms with Crippen LogP contribution in [-0.4, -0.2) is 25.5 Å². The fraction of sp³-hybridized carbons (Fsp3) is 0.308. The summed E-state index contributed by atoms with van der Waals surface area (Å²) in [6, 6.07) is 13.4. The largest absolute Gasteiger partial charge is 0.490 e. The molecule has 0 aromatic heterocycles. The lowest BCUT2D eigenvalue weighted by molar-refractivity contribution is -0.136. The van der Waals surface area contributed by atoms with Crippen LogP contribution in [0.3, 0.4) is 0 Å². The van der Waals surface area contributed by atoms with Gasteiger partial charge in [0.05, 0.1) is 19.6 Å². The maximum atomic E-state index is 13.0. The third kappa shape index (κ3) is 4.68. The van der Waals surface area contributed by atoms with Crippen LogP contribution in [0, 0.1) is 0 Å². The molecule has 34 heavy (non-hydrogen) atoms. The van der Waals surface area contributed by atoms with Crippen LogP contribution in [0.15, 0.2) is 69.7 Å². The molecule has 7 nitrogen and oxygen atoms in total. The molecule has 178 valence electrons. The van der Waals surface area contributed by atoms with Gasteiger partial charge in [0.25, 0.3) is 0 Å². The summed E-state index contributed by atoms with van der Waals surface area (Å²) in [5.41, 5.74) is 8.35. The Morgan fingerprint density at radius 2 is 1.88 bits per heavy atom. The molecule has 2 aromatic rings. The number of esters is 1. The van der Waals surface area contributed by atoms with Gasteiger partial charge in [-0.3, -0.25) is 4.79 Å². The SMILES string of the molecule is CCOc1cc([C@H]2C(C(=O)OC)=C(N)OC3=C2C(=O)CCC3)c(Br)cc1OCc1ccccc1. The van der Waals surface area contributed by atoms with Crippen molar-refractivity contribution in [3.8, 4) is 11.5 Å². The topological polar surface area (TPSA) is 97.1 Å². The van der Waals surface area contributed by atoms with E-state index >= 15 is 0 Å². The number of ether oxygens (including phenoxy) is 4. The summed E-state index contributed by atoms with van der Waals surface area (Å²) in [6.07, 6.45) is 1.62. The molecule has 1 aliphatic heterocycles. The molecular weight excluding hydrogens is 502 g/mol. The number of ketones is 1. The second kappa shape index (κ2) is 10.3. The minimum absolute atomic E-state index is 0.0560. The van der Waals surface area contributed by atoms with E-state index in [1.807, 2.05) is 37.3 Å². The number of carbonyl (C=O) groups excluding carboxylic acids is 2. The zero-order valence-corrected chi connectivity index (χ0v) is 20.6. The fourth-order valence-corrected chi connectivity index (χ4v) is 4.82. The first-order valence-electron chi connectivity index (χ1n) is 11.1. The zero-order chi connectivity index (χ0) is 24.2. The van der Waals surface area contributed by atoms with Gasteiger partial charge in [-0.25, -0.2) is 4.79 Å². The van der Waals surface area contributed by atoms with E-state index in [1.165, 1.54) is 7.11 Å². The molecule has 1 atom stereocenters. The van der Waals surface area contributed by atoms with Gasteiger partial charge < -0.3 is 24.7 Å². The molecule has 1 aliphatic carbocycles. The van der Waals surface area contributed by atoms with E-state index in [9.17, 15) is 9.59 Å². The van der Waals surface area contributed by atoms with E-state index in [-0.39, 0.29) is 17.2 Å². The molecule has 4 rings (SSSR count). The molecule has 0 radical (unpaired) electrons. The normalized spacial score (nSPS) is 17.7. The average molecular weight is 528 g/mol. The summed E-state index contributed by atoms with van der Waals surface area (Å²) >= 11 is 3.62. The van der Waals surface area contributed by atoms with E-state index in [1.54, 1.807) is 12.1 Å². The van der Waals surface area contributed by atoms with Crippen molar-refractivity contribution in [2.75, 3.05) is 13.7 Å². The molecule has 0 saturated carbocycles. The Labute approximate surface area is 206 Å². The number of nitrogens with two attached hydrogens (primary N) is 1. The Morgan fingerprint density at radius 1 is 1.15 bits per heavy atom. The molecule has 2 aliphatic rings. The van der Waals surface area contributed by atoms with Crippen molar-refractivity contribution >= 4 is 27.7 Å². The van der Waals surface area contributed by atoms with Crippen molar-refractivity contribution in [3.05, 3.63) is 80.9 Å². The standard InChI is InChI=1S/C26H26BrNO6/c1-3-32-20-12-16(17(27)13-21(20)33-14-15-8-5-4-6-9-15)22-23-18(29)10-7-11-19(23)34-25(28)24(22)26(30)31-2/h4-6,8-9,12-13,22H,3,7,10-11,14,28H2,1-2H3/t22-/m1/s1. The number of carbonyl (C=O) groups is 2. The van der Waals surface area contributed by atoms with Crippen LogP contribution in [0.5, 0.6) is 11.5 Å². The first-order valence-corrected chi connectivity index (χ1v) is 11.9. The number of rotatable bonds is 7. The molecule has 0 amide bonds. The maximum absolute atomic E-state index is 13.0. The highest BCUT2D eigenvalue weighted by Crippen LogP contribution is 2.48. The maximum Gasteiger partial charge on any atom is 0.340 e. The summed E-state index contributed by atoms with van der Waals surface area (Å²) in [4.78, 5) is 25.7. The van der Waals surface area contributed by atoms with Gasteiger partial charge >= 0.3 is 5.97 Å². The van der Waals surface area contributed by atoms with Crippen LogP contribution in [0.1, 0.15) is 43.2 Å². The van der Waals surface area contributed by atoms with Crippen LogP contribution in [0.2, 0.25) is 0 Å². The molecule has 0 spiro atoms. The molecule has 1 heterocycles. The third-order valence-corrected chi connectivity index (χ3v) is 6.49. The van der Waals surface area contributed by atoms with E-state index in [0.29, 0.717) is 65.3 Å². The molecule has 2 N–H and O–H groups in total. The van der Waals surface area contributed by atoms with Gasteiger partial charge in [-0.15, -0.1) is 0 Å². The number of hydrogen-bond acceptors (Lipinski definition) is 7. The van der Waals surface area contributed by atoms with Gasteiger partial charge in [0, 0.05) is 22.9 Å². The summed E-state index contributed by atoms with van der Waals surface area (Å²) in [7, 11) is 1.27. The Bertz CT molecular complexity index is 1170. The molecule has 8 heteroatoms. The Hall–Kier alpha value is -3.26. The van der Waals surface area contributed by atoms with Crippen molar-refractivity contribution in [2.24, 2.45) is 5.73 Å². The first kappa shape index (κ1) is 23.9. The second-order valence-electron chi connectivity index (χ2n) is 7.95. The van der Waals surface area contributed by atoms with E-state index < -0.39 is 11.9 Å². The van der Waals surface area contributed by atoms with Crippen molar-refractivity contribution < 1.29 is 28.5 Å². The summed E-state index contributed by atoms with van der Waals surface area (Å²) in [5, 5.41) is 0. The number of hydrogen-bond donors (Lipinski definition) is 1. The fourth-order valence-electron chi connectivity index (χ4n) is 4.26. The molecule has 0 fully saturated rings. The van der Waals surface area contributed by atoms with Gasteiger partial charge in [0.1, 0.15) is 17.9 Å². The van der Waals surface area contributed by atoms with Crippen molar-refractivity contribution in [1.82, 2.24) is 0 Å². The van der Waals surface area contributed by atoms with Crippen LogP contribution in [0.25, 0.3) is 0 Å². The third-order valence-electron chi connectivity index (χ3n) is 5.80. The predicted octanol–water partition coefficient (Wildman–Crippen LogP) is 4.89. The Balaban J connectivity index is 1.80. The van der Waals surface area contributed by atoms with Gasteiger partial charge in [-0.05, 0) is 36.6 Å². The summed E-state index contributed by atoms with van der Waals surface area (Å²) in [6.45, 7) is 2.64. The molecule has 0 saturated heterocycles. The van der Waals surface area contributed by atoms with Gasteiger partial charge in [-0.1, -0.05) is 46.3 Å². The lowest BCUT2D eigenvalue weighted by Crippen LogP contribution is -2.31. The van der Waals surface area contributed by atoms with Gasteiger partial charge in [-0.2, -0.15) is 0 Å².